The van der Waals surface area contributed by atoms with Gasteiger partial charge in [-0.3, -0.25) is 4.90 Å². The molecule has 5 nitrogen and oxygen atoms in total. The molecule has 1 amide bonds. The summed E-state index contributed by atoms with van der Waals surface area (Å²) < 4.78 is 10.3. The summed E-state index contributed by atoms with van der Waals surface area (Å²) in [6.07, 6.45) is 1.53. The quantitative estimate of drug-likeness (QED) is 0.760. The largest absolute Gasteiger partial charge is 0.467 e. The summed E-state index contributed by atoms with van der Waals surface area (Å²) in [5.74, 6) is 0.411. The first-order valence-electron chi connectivity index (χ1n) is 5.29. The van der Waals surface area contributed by atoms with Gasteiger partial charge in [-0.15, -0.1) is 0 Å². The molecule has 0 aliphatic rings. The van der Waals surface area contributed by atoms with Crippen LogP contribution in [0.5, 0.6) is 0 Å². The first-order valence-corrected chi connectivity index (χ1v) is 5.29. The Hall–Kier alpha value is -1.78. The minimum Gasteiger partial charge on any atom is -0.467 e. The Morgan fingerprint density at radius 1 is 1.53 bits per heavy atom. The molecule has 1 rings (SSSR count). The number of aldehydes is 1. The van der Waals surface area contributed by atoms with Crippen LogP contribution in [0, 0.1) is 0 Å². The van der Waals surface area contributed by atoms with Crippen molar-refractivity contribution in [2.24, 2.45) is 0 Å². The predicted octanol–water partition coefficient (Wildman–Crippen LogP) is 2.39. The zero-order valence-corrected chi connectivity index (χ0v) is 10.5. The Labute approximate surface area is 100 Å². The second-order valence-electron chi connectivity index (χ2n) is 4.69. The molecule has 0 radical (unpaired) electrons. The summed E-state index contributed by atoms with van der Waals surface area (Å²) >= 11 is 0. The Balaban J connectivity index is 2.77. The van der Waals surface area contributed by atoms with E-state index in [1.54, 1.807) is 32.9 Å². The van der Waals surface area contributed by atoms with Crippen LogP contribution in [0.4, 0.5) is 4.79 Å². The van der Waals surface area contributed by atoms with Gasteiger partial charge in [-0.05, 0) is 32.9 Å². The number of amides is 1. The normalized spacial score (nSPS) is 12.9. The van der Waals surface area contributed by atoms with Crippen LogP contribution in [0.3, 0.4) is 0 Å². The molecule has 0 N–H and O–H groups in total. The molecule has 17 heavy (non-hydrogen) atoms. The third-order valence-corrected chi connectivity index (χ3v) is 2.06. The highest BCUT2D eigenvalue weighted by atomic mass is 16.6. The van der Waals surface area contributed by atoms with Gasteiger partial charge < -0.3 is 13.9 Å². The van der Waals surface area contributed by atoms with E-state index in [1.165, 1.54) is 18.2 Å². The number of rotatable bonds is 3. The summed E-state index contributed by atoms with van der Waals surface area (Å²) in [6, 6.07) is 2.54. The fourth-order valence-electron chi connectivity index (χ4n) is 1.26. The molecule has 0 saturated carbocycles. The van der Waals surface area contributed by atoms with Crippen molar-refractivity contribution in [2.45, 2.75) is 32.4 Å². The molecule has 1 heterocycles. The van der Waals surface area contributed by atoms with E-state index in [2.05, 4.69) is 0 Å². The Morgan fingerprint density at radius 3 is 2.59 bits per heavy atom. The molecular weight excluding hydrogens is 222 g/mol. The first-order chi connectivity index (χ1) is 7.85. The van der Waals surface area contributed by atoms with E-state index in [1.807, 2.05) is 0 Å². The minimum atomic E-state index is -0.764. The number of hydrogen-bond donors (Lipinski definition) is 0. The number of furan rings is 1. The SMILES string of the molecule is CN(C(=O)OC(C)(C)C)C(C=O)c1ccco1. The number of hydrogen-bond acceptors (Lipinski definition) is 4. The molecule has 0 spiro atoms. The van der Waals surface area contributed by atoms with Crippen LogP contribution in [-0.4, -0.2) is 29.9 Å². The molecule has 0 fully saturated rings. The Bertz CT molecular complexity index is 378. The molecular formula is C12H17NO4. The lowest BCUT2D eigenvalue weighted by molar-refractivity contribution is -0.112. The first kappa shape index (κ1) is 13.3. The minimum absolute atomic E-state index is 0.411. The summed E-state index contributed by atoms with van der Waals surface area (Å²) in [5.41, 5.74) is -0.595. The molecule has 0 saturated heterocycles. The van der Waals surface area contributed by atoms with Gasteiger partial charge >= 0.3 is 6.09 Å². The average molecular weight is 239 g/mol. The van der Waals surface area contributed by atoms with Gasteiger partial charge in [0.2, 0.25) is 0 Å². The lowest BCUT2D eigenvalue weighted by Crippen LogP contribution is -2.37. The molecule has 1 unspecified atom stereocenters. The topological polar surface area (TPSA) is 59.8 Å². The highest BCUT2D eigenvalue weighted by Gasteiger charge is 2.27. The van der Waals surface area contributed by atoms with Crippen molar-refractivity contribution in [2.75, 3.05) is 7.05 Å². The van der Waals surface area contributed by atoms with Crippen molar-refractivity contribution in [1.29, 1.82) is 0 Å². The van der Waals surface area contributed by atoms with Gasteiger partial charge in [0.05, 0.1) is 6.26 Å². The second kappa shape index (κ2) is 5.03. The average Bonchev–Trinajstić information content (AvgIpc) is 2.69. The van der Waals surface area contributed by atoms with Crippen molar-refractivity contribution in [3.63, 3.8) is 0 Å². The molecule has 0 aliphatic heterocycles. The van der Waals surface area contributed by atoms with Crippen LogP contribution >= 0.6 is 0 Å². The third-order valence-electron chi connectivity index (χ3n) is 2.06. The highest BCUT2D eigenvalue weighted by Crippen LogP contribution is 2.20. The van der Waals surface area contributed by atoms with Crippen LogP contribution in [0.15, 0.2) is 22.8 Å². The van der Waals surface area contributed by atoms with Crippen LogP contribution in [-0.2, 0) is 9.53 Å². The highest BCUT2D eigenvalue weighted by molar-refractivity contribution is 5.74. The number of likely N-dealkylation sites (N-methyl/N-ethyl adjacent to an activating group) is 1. The van der Waals surface area contributed by atoms with Crippen LogP contribution in [0.1, 0.15) is 32.6 Å². The van der Waals surface area contributed by atoms with E-state index in [0.29, 0.717) is 12.0 Å². The summed E-state index contributed by atoms with van der Waals surface area (Å²) in [7, 11) is 1.50. The maximum Gasteiger partial charge on any atom is 0.411 e. The fourth-order valence-corrected chi connectivity index (χ4v) is 1.26. The molecule has 0 aliphatic carbocycles. The zero-order chi connectivity index (χ0) is 13.1. The van der Waals surface area contributed by atoms with Crippen molar-refractivity contribution in [1.82, 2.24) is 4.90 Å². The van der Waals surface area contributed by atoms with Gasteiger partial charge in [0.15, 0.2) is 0 Å². The van der Waals surface area contributed by atoms with Gasteiger partial charge in [0.25, 0.3) is 0 Å². The lowest BCUT2D eigenvalue weighted by atomic mass is 10.2. The van der Waals surface area contributed by atoms with Gasteiger partial charge in [-0.25, -0.2) is 4.79 Å². The molecule has 1 atom stereocenters. The van der Waals surface area contributed by atoms with Crippen molar-refractivity contribution < 1.29 is 18.7 Å². The number of nitrogens with zero attached hydrogens (tertiary/aromatic N) is 1. The van der Waals surface area contributed by atoms with Crippen LogP contribution < -0.4 is 0 Å². The number of carbonyl (C=O) groups is 2. The predicted molar refractivity (Wildman–Crippen MR) is 61.5 cm³/mol. The molecule has 0 aromatic carbocycles. The van der Waals surface area contributed by atoms with E-state index in [9.17, 15) is 9.59 Å². The third kappa shape index (κ3) is 3.62. The van der Waals surface area contributed by atoms with Gasteiger partial charge in [0.1, 0.15) is 23.7 Å². The molecule has 1 aromatic rings. The van der Waals surface area contributed by atoms with E-state index < -0.39 is 17.7 Å². The van der Waals surface area contributed by atoms with E-state index in [0.717, 1.165) is 0 Å². The lowest BCUT2D eigenvalue weighted by Gasteiger charge is -2.27. The monoisotopic (exact) mass is 239 g/mol. The second-order valence-corrected chi connectivity index (χ2v) is 4.69. The smallest absolute Gasteiger partial charge is 0.411 e. The van der Waals surface area contributed by atoms with Crippen molar-refractivity contribution in [3.05, 3.63) is 24.2 Å². The van der Waals surface area contributed by atoms with Crippen LogP contribution in [0.25, 0.3) is 0 Å². The standard InChI is InChI=1S/C12H17NO4/c1-12(2,3)17-11(15)13(4)9(8-14)10-6-5-7-16-10/h5-9H,1-4H3. The Morgan fingerprint density at radius 2 is 2.18 bits per heavy atom. The molecule has 0 bridgehead atoms. The molecule has 5 heteroatoms. The summed E-state index contributed by atoms with van der Waals surface area (Å²) in [6.45, 7) is 5.30. The van der Waals surface area contributed by atoms with Gasteiger partial charge in [0, 0.05) is 7.05 Å². The zero-order valence-electron chi connectivity index (χ0n) is 10.5. The van der Waals surface area contributed by atoms with E-state index >= 15 is 0 Å². The van der Waals surface area contributed by atoms with Gasteiger partial charge in [-0.2, -0.15) is 0 Å². The van der Waals surface area contributed by atoms with E-state index in [4.69, 9.17) is 9.15 Å². The molecule has 1 aromatic heterocycles. The number of carbonyl (C=O) groups excluding carboxylic acids is 2. The summed E-state index contributed by atoms with van der Waals surface area (Å²) in [4.78, 5) is 24.0. The number of ether oxygens (including phenoxy) is 1. The van der Waals surface area contributed by atoms with Crippen LogP contribution in [0.2, 0.25) is 0 Å². The van der Waals surface area contributed by atoms with Crippen molar-refractivity contribution >= 4 is 12.4 Å². The van der Waals surface area contributed by atoms with Crippen molar-refractivity contribution in [3.8, 4) is 0 Å². The Kier molecular flexibility index (Phi) is 3.93. The molecule has 94 valence electrons. The van der Waals surface area contributed by atoms with E-state index in [-0.39, 0.29) is 0 Å². The summed E-state index contributed by atoms with van der Waals surface area (Å²) in [5, 5.41) is 0. The fraction of sp³-hybridized carbons (Fsp3) is 0.500. The van der Waals surface area contributed by atoms with Gasteiger partial charge in [-0.1, -0.05) is 0 Å². The maximum atomic E-state index is 11.8. The maximum absolute atomic E-state index is 11.8.